The van der Waals surface area contributed by atoms with E-state index >= 15 is 8.78 Å². The zero-order valence-corrected chi connectivity index (χ0v) is 30.3. The van der Waals surface area contributed by atoms with Crippen LogP contribution in [-0.4, -0.2) is 58.2 Å². The molecule has 12 heteroatoms. The number of fused-ring (bicyclic) bond motifs is 1. The van der Waals surface area contributed by atoms with Crippen molar-refractivity contribution in [3.8, 4) is 22.9 Å². The molecule has 1 aliphatic rings. The number of halogens is 3. The summed E-state index contributed by atoms with van der Waals surface area (Å²) in [5.41, 5.74) is 2.47. The maximum Gasteiger partial charge on any atom is 0.409 e. The highest BCUT2D eigenvalue weighted by atomic mass is 127. The minimum Gasteiger partial charge on any atom is -0.466 e. The van der Waals surface area contributed by atoms with Crippen LogP contribution in [0.15, 0.2) is 67.0 Å². The van der Waals surface area contributed by atoms with Crippen molar-refractivity contribution in [2.75, 3.05) is 20.2 Å². The number of carbonyl (C=O) groups excluding carboxylic acids is 2. The van der Waals surface area contributed by atoms with E-state index < -0.39 is 23.0 Å². The number of benzene rings is 3. The first-order valence-corrected chi connectivity index (χ1v) is 17.8. The number of nitrogens with one attached hydrogen (secondary N) is 2. The Labute approximate surface area is 302 Å². The number of unbranched alkanes of at least 4 members (excludes halogenated alkanes) is 2. The summed E-state index contributed by atoms with van der Waals surface area (Å²) in [7, 11) is 1.75. The van der Waals surface area contributed by atoms with Crippen LogP contribution in [0.4, 0.5) is 13.6 Å². The number of hydrogen-bond donors (Lipinski definition) is 2. The lowest BCUT2D eigenvalue weighted by atomic mass is 9.75. The lowest BCUT2D eigenvalue weighted by Crippen LogP contribution is -2.24. The molecule has 3 heterocycles. The average Bonchev–Trinajstić information content (AvgIpc) is 3.84. The molecule has 6 rings (SSSR count). The van der Waals surface area contributed by atoms with Gasteiger partial charge in [-0.1, -0.05) is 25.0 Å². The van der Waals surface area contributed by atoms with Gasteiger partial charge in [0, 0.05) is 56.7 Å². The first-order chi connectivity index (χ1) is 24.0. The molecule has 1 fully saturated rings. The van der Waals surface area contributed by atoms with E-state index in [2.05, 4.69) is 56.6 Å². The summed E-state index contributed by atoms with van der Waals surface area (Å²) in [6.07, 6.45) is 7.27. The highest BCUT2D eigenvalue weighted by molar-refractivity contribution is 14.1. The Hall–Kier alpha value is -4.46. The number of likely N-dealkylation sites (N-methyl/N-ethyl adjacent to an activating group) is 1. The first-order valence-electron chi connectivity index (χ1n) is 16.7. The molecule has 0 aliphatic carbocycles. The molecule has 1 saturated heterocycles. The van der Waals surface area contributed by atoms with E-state index in [1.54, 1.807) is 37.3 Å². The predicted molar refractivity (Wildman–Crippen MR) is 194 cm³/mol. The van der Waals surface area contributed by atoms with E-state index in [4.69, 9.17) is 14.2 Å². The van der Waals surface area contributed by atoms with Crippen LogP contribution in [-0.2, 0) is 26.1 Å². The van der Waals surface area contributed by atoms with Crippen LogP contribution in [0.25, 0.3) is 22.3 Å². The third-order valence-electron chi connectivity index (χ3n) is 9.30. The number of hydrogen-bond acceptors (Lipinski definition) is 6. The molecule has 50 heavy (non-hydrogen) atoms. The fraction of sp³-hybridized carbons (Fsp3) is 0.342. The number of cyclic esters (lactones) is 1. The minimum absolute atomic E-state index is 0.0726. The van der Waals surface area contributed by atoms with E-state index in [1.807, 2.05) is 12.1 Å². The van der Waals surface area contributed by atoms with Crippen molar-refractivity contribution in [3.05, 3.63) is 99.0 Å². The summed E-state index contributed by atoms with van der Waals surface area (Å²) in [5, 5.41) is 0.622. The van der Waals surface area contributed by atoms with E-state index in [-0.39, 0.29) is 42.3 Å². The Kier molecular flexibility index (Phi) is 10.7. The molecule has 2 atom stereocenters. The number of aromatic nitrogens is 3. The summed E-state index contributed by atoms with van der Waals surface area (Å²) in [6, 6.07) is 15.5. The van der Waals surface area contributed by atoms with Gasteiger partial charge in [0.05, 0.1) is 25.1 Å². The molecule has 262 valence electrons. The van der Waals surface area contributed by atoms with Gasteiger partial charge in [-0.15, -0.1) is 0 Å². The maximum absolute atomic E-state index is 15.5. The number of amides is 1. The third-order valence-corrected chi connectivity index (χ3v) is 9.97. The average molecular weight is 797 g/mol. The molecule has 3 aromatic carbocycles. The Morgan fingerprint density at radius 2 is 1.96 bits per heavy atom. The van der Waals surface area contributed by atoms with E-state index in [9.17, 15) is 9.59 Å². The molecule has 1 amide bonds. The summed E-state index contributed by atoms with van der Waals surface area (Å²) in [6.45, 7) is 4.66. The number of carbonyl (C=O) groups is 2. The topological polar surface area (TPSA) is 110 Å². The zero-order valence-electron chi connectivity index (χ0n) is 28.2. The van der Waals surface area contributed by atoms with Crippen molar-refractivity contribution >= 4 is 45.6 Å². The van der Waals surface area contributed by atoms with Crippen LogP contribution >= 0.6 is 22.6 Å². The smallest absolute Gasteiger partial charge is 0.409 e. The Morgan fingerprint density at radius 3 is 2.72 bits per heavy atom. The molecule has 9 nitrogen and oxygen atoms in total. The van der Waals surface area contributed by atoms with Gasteiger partial charge >= 0.3 is 12.1 Å². The maximum atomic E-state index is 15.5. The third kappa shape index (κ3) is 7.64. The lowest BCUT2D eigenvalue weighted by molar-refractivity contribution is -0.142. The number of nitrogens with zero attached hydrogens (tertiary/aromatic N) is 2. The number of ether oxygens (including phenoxy) is 3. The molecule has 0 bridgehead atoms. The molecular formula is C38H39F2IN4O5. The van der Waals surface area contributed by atoms with Gasteiger partial charge in [-0.25, -0.2) is 18.6 Å². The van der Waals surface area contributed by atoms with E-state index in [0.29, 0.717) is 28.8 Å². The minimum atomic E-state index is -0.671. The van der Waals surface area contributed by atoms with Gasteiger partial charge in [-0.05, 0) is 97.7 Å². The summed E-state index contributed by atoms with van der Waals surface area (Å²) >= 11 is 2.30. The second-order valence-corrected chi connectivity index (χ2v) is 14.0. The highest BCUT2D eigenvalue weighted by Gasteiger charge is 2.32. The van der Waals surface area contributed by atoms with Crippen molar-refractivity contribution in [2.24, 2.45) is 0 Å². The first kappa shape index (κ1) is 35.4. The number of H-pyrrole nitrogens is 2. The van der Waals surface area contributed by atoms with Crippen LogP contribution in [0.5, 0.6) is 11.5 Å². The number of imidazole rings is 1. The fourth-order valence-corrected chi connectivity index (χ4v) is 7.11. The quantitative estimate of drug-likeness (QED) is 0.0660. The summed E-state index contributed by atoms with van der Waals surface area (Å²) < 4.78 is 48.6. The fourth-order valence-electron chi connectivity index (χ4n) is 6.57. The SMILES string of the molecule is CCOC(=O)Cc1c(Oc2ccc(F)c(-c3ncc(C(C)(CCCCCC4CN(C)C(=O)O4)c4cccc(I)c4)[nH]3)c2)c(F)cc2[nH]ccc12. The van der Waals surface area contributed by atoms with Gasteiger partial charge in [0.15, 0.2) is 11.6 Å². The summed E-state index contributed by atoms with van der Waals surface area (Å²) in [4.78, 5) is 36.7. The van der Waals surface area contributed by atoms with Crippen molar-refractivity contribution < 1.29 is 32.6 Å². The molecule has 2 N–H and O–H groups in total. The second kappa shape index (κ2) is 15.2. The molecule has 2 unspecified atom stereocenters. The van der Waals surface area contributed by atoms with Gasteiger partial charge in [0.25, 0.3) is 0 Å². The Bertz CT molecular complexity index is 2010. The molecule has 0 radical (unpaired) electrons. The Morgan fingerprint density at radius 1 is 1.12 bits per heavy atom. The standard InChI is InChI=1S/C38H39F2IN4O5/c1-4-48-34(46)19-28-27-14-16-42-32(27)20-31(40)35(28)49-25-12-13-30(39)29(18-25)36-43-21-33(44-36)38(2,23-9-8-10-24(41)17-23)15-7-5-6-11-26-22-45(3)37(47)50-26/h8-10,12-14,16-18,20-21,26,42H,4-7,11,15,19,22H2,1-3H3,(H,43,44). The largest absolute Gasteiger partial charge is 0.466 e. The molecular weight excluding hydrogens is 757 g/mol. The second-order valence-electron chi connectivity index (χ2n) is 12.8. The highest BCUT2D eigenvalue weighted by Crippen LogP contribution is 2.40. The van der Waals surface area contributed by atoms with Crippen molar-refractivity contribution in [2.45, 2.75) is 63.9 Å². The van der Waals surface area contributed by atoms with Gasteiger partial charge in [0.1, 0.15) is 23.5 Å². The number of aromatic amines is 2. The van der Waals surface area contributed by atoms with Crippen LogP contribution in [0.3, 0.4) is 0 Å². The van der Waals surface area contributed by atoms with Crippen LogP contribution in [0.1, 0.15) is 62.8 Å². The molecule has 5 aromatic rings. The van der Waals surface area contributed by atoms with Gasteiger partial charge in [0.2, 0.25) is 0 Å². The predicted octanol–water partition coefficient (Wildman–Crippen LogP) is 9.05. The number of esters is 1. The van der Waals surface area contributed by atoms with Gasteiger partial charge < -0.3 is 29.1 Å². The van der Waals surface area contributed by atoms with Gasteiger partial charge in [-0.3, -0.25) is 4.79 Å². The van der Waals surface area contributed by atoms with E-state index in [1.165, 1.54) is 24.3 Å². The monoisotopic (exact) mass is 796 g/mol. The van der Waals surface area contributed by atoms with Crippen LogP contribution < -0.4 is 4.74 Å². The molecule has 0 saturated carbocycles. The Balaban J connectivity index is 1.25. The zero-order chi connectivity index (χ0) is 35.4. The number of rotatable bonds is 14. The van der Waals surface area contributed by atoms with Crippen LogP contribution in [0, 0.1) is 15.2 Å². The molecule has 0 spiro atoms. The van der Waals surface area contributed by atoms with E-state index in [0.717, 1.165) is 46.9 Å². The lowest BCUT2D eigenvalue weighted by Gasteiger charge is -2.29. The van der Waals surface area contributed by atoms with Crippen molar-refractivity contribution in [3.63, 3.8) is 0 Å². The van der Waals surface area contributed by atoms with Crippen molar-refractivity contribution in [1.29, 1.82) is 0 Å². The molecule has 2 aromatic heterocycles. The molecule has 1 aliphatic heterocycles. The van der Waals surface area contributed by atoms with Gasteiger partial charge in [-0.2, -0.15) is 0 Å². The van der Waals surface area contributed by atoms with Crippen LogP contribution in [0.2, 0.25) is 0 Å². The normalized spacial score (nSPS) is 15.7. The van der Waals surface area contributed by atoms with Crippen molar-refractivity contribution in [1.82, 2.24) is 19.9 Å². The summed E-state index contributed by atoms with van der Waals surface area (Å²) in [5.74, 6) is -1.36.